The van der Waals surface area contributed by atoms with Crippen LogP contribution in [0.15, 0.2) is 30.3 Å². The second-order valence-electron chi connectivity index (χ2n) is 1.65. The predicted molar refractivity (Wildman–Crippen MR) is 65.2 cm³/mol. The molecule has 0 heterocycles. The zero-order chi connectivity index (χ0) is 11.8. The Kier molecular flexibility index (Phi) is 25.5. The van der Waals surface area contributed by atoms with Gasteiger partial charge >= 0.3 is 0 Å². The van der Waals surface area contributed by atoms with Crippen LogP contribution < -0.4 is 0 Å². The molecule has 0 spiro atoms. The fraction of sp³-hybridized carbons (Fsp3) is 0.538. The summed E-state index contributed by atoms with van der Waals surface area (Å²) in [5.41, 5.74) is 1.32. The lowest BCUT2D eigenvalue weighted by molar-refractivity contribution is 1.48. The highest BCUT2D eigenvalue weighted by Gasteiger charge is 1.72. The maximum Gasteiger partial charge on any atom is 0.0228 e. The van der Waals surface area contributed by atoms with Gasteiger partial charge in [0.15, 0.2) is 0 Å². The Morgan fingerprint density at radius 3 is 1.31 bits per heavy atom. The van der Waals surface area contributed by atoms with Gasteiger partial charge in [-0.15, -0.1) is 0 Å². The average molecular weight is 183 g/mol. The van der Waals surface area contributed by atoms with Gasteiger partial charge in [0.05, 0.1) is 0 Å². The molecule has 0 amide bonds. The Labute approximate surface area is 86.4 Å². The Balaban J connectivity index is -0.000000148. The van der Waals surface area contributed by atoms with E-state index in [-0.39, 0.29) is 0 Å². The molecule has 0 aliphatic heterocycles. The van der Waals surface area contributed by atoms with Crippen LogP contribution in [-0.2, 0) is 0 Å². The number of rotatable bonds is 0. The van der Waals surface area contributed by atoms with Crippen molar-refractivity contribution < 1.29 is 1.37 Å². The first kappa shape index (κ1) is 14.7. The molecule has 0 unspecified atom stereocenters. The molecule has 0 aliphatic carbocycles. The molecule has 0 saturated carbocycles. The first-order valence-electron chi connectivity index (χ1n) is 5.82. The molecule has 1 aromatic rings. The largest absolute Gasteiger partial charge is 0.0683 e. The van der Waals surface area contributed by atoms with Crippen molar-refractivity contribution >= 4 is 0 Å². The monoisotopic (exact) mass is 183 g/mol. The first-order chi connectivity index (χ1) is 6.81. The molecule has 13 heavy (non-hydrogen) atoms. The van der Waals surface area contributed by atoms with E-state index in [1.807, 2.05) is 45.9 Å². The molecule has 0 N–H and O–H groups in total. The van der Waals surface area contributed by atoms with Crippen LogP contribution in [-0.4, -0.2) is 0 Å². The zero-order valence-electron chi connectivity index (χ0n) is 11.1. The summed E-state index contributed by atoms with van der Waals surface area (Å²) in [6.45, 7) is 12.4. The highest BCUT2D eigenvalue weighted by atomic mass is 13.8. The van der Waals surface area contributed by atoms with Crippen LogP contribution in [0.5, 0.6) is 0 Å². The predicted octanol–water partition coefficient (Wildman–Crippen LogP) is 5.07. The number of benzene rings is 1. The highest BCUT2D eigenvalue weighted by Crippen LogP contribution is 1.92. The fourth-order valence-corrected chi connectivity index (χ4v) is 0.534. The third-order valence-electron chi connectivity index (χ3n) is 0.940. The summed E-state index contributed by atoms with van der Waals surface area (Å²) in [6, 6.07) is 10.3. The van der Waals surface area contributed by atoms with Crippen molar-refractivity contribution in [3.63, 3.8) is 0 Å². The summed E-state index contributed by atoms with van der Waals surface area (Å²) < 4.78 is 6.21. The summed E-state index contributed by atoms with van der Waals surface area (Å²) in [5, 5.41) is 0. The Bertz CT molecular complexity index is 147. The smallest absolute Gasteiger partial charge is 0.0228 e. The van der Waals surface area contributed by atoms with Crippen LogP contribution in [0.3, 0.4) is 0 Å². The second-order valence-corrected chi connectivity index (χ2v) is 1.65. The van der Waals surface area contributed by atoms with Gasteiger partial charge in [-0.2, -0.15) is 0 Å². The standard InChI is InChI=1S/C7H8.3C2H6/c1-7-5-3-2-4-6-7;3*1-2/h2-6H,1H3;3*1-2H3/i;1D;;. The van der Waals surface area contributed by atoms with E-state index in [1.165, 1.54) is 5.56 Å². The first-order valence-corrected chi connectivity index (χ1v) is 5.12. The van der Waals surface area contributed by atoms with Crippen LogP contribution in [0.25, 0.3) is 0 Å². The lowest BCUT2D eigenvalue weighted by Gasteiger charge is -1.82. The van der Waals surface area contributed by atoms with Gasteiger partial charge in [-0.1, -0.05) is 77.4 Å². The van der Waals surface area contributed by atoms with E-state index in [0.717, 1.165) is 0 Å². The van der Waals surface area contributed by atoms with Gasteiger partial charge in [0, 0.05) is 1.37 Å². The number of aryl methyl sites for hydroxylation is 1. The van der Waals surface area contributed by atoms with Crippen LogP contribution in [0, 0.1) is 6.92 Å². The Hall–Kier alpha value is -0.780. The molecular formula is C13H26. The van der Waals surface area contributed by atoms with Gasteiger partial charge in [-0.25, -0.2) is 0 Å². The molecule has 0 nitrogen and oxygen atoms in total. The van der Waals surface area contributed by atoms with Gasteiger partial charge in [0.25, 0.3) is 0 Å². The molecule has 0 bridgehead atoms. The van der Waals surface area contributed by atoms with E-state index < -0.39 is 0 Å². The van der Waals surface area contributed by atoms with Gasteiger partial charge in [-0.05, 0) is 6.92 Å². The van der Waals surface area contributed by atoms with E-state index in [4.69, 9.17) is 1.37 Å². The molecular weight excluding hydrogens is 156 g/mol. The molecule has 0 fully saturated rings. The molecule has 78 valence electrons. The minimum atomic E-state index is 0.500. The van der Waals surface area contributed by atoms with E-state index in [0.29, 0.717) is 6.90 Å². The molecule has 1 aromatic carbocycles. The second kappa shape index (κ2) is 22.5. The SMILES string of the molecule is CC.CC.Cc1ccccc1.[2H]CC. The average Bonchev–Trinajstić information content (AvgIpc) is 2.26. The maximum absolute atomic E-state index is 6.21. The lowest BCUT2D eigenvalue weighted by atomic mass is 10.2. The Morgan fingerprint density at radius 1 is 0.846 bits per heavy atom. The molecule has 1 rings (SSSR count). The summed E-state index contributed by atoms with van der Waals surface area (Å²) in [5.74, 6) is 0. The third-order valence-corrected chi connectivity index (χ3v) is 0.940. The molecule has 0 radical (unpaired) electrons. The number of hydrogen-bond donors (Lipinski definition) is 0. The maximum atomic E-state index is 6.21. The fourth-order valence-electron chi connectivity index (χ4n) is 0.534. The van der Waals surface area contributed by atoms with Gasteiger partial charge < -0.3 is 0 Å². The summed E-state index contributed by atoms with van der Waals surface area (Å²) in [4.78, 5) is 0. The van der Waals surface area contributed by atoms with Crippen LogP contribution in [0.4, 0.5) is 0 Å². The Morgan fingerprint density at radius 2 is 1.15 bits per heavy atom. The van der Waals surface area contributed by atoms with Crippen molar-refractivity contribution in [3.05, 3.63) is 35.9 Å². The third kappa shape index (κ3) is 18.3. The van der Waals surface area contributed by atoms with E-state index >= 15 is 0 Å². The van der Waals surface area contributed by atoms with Crippen molar-refractivity contribution in [2.45, 2.75) is 48.4 Å². The molecule has 0 atom stereocenters. The van der Waals surface area contributed by atoms with Crippen molar-refractivity contribution in [3.8, 4) is 0 Å². The molecule has 0 aromatic heterocycles. The minimum Gasteiger partial charge on any atom is -0.0683 e. The van der Waals surface area contributed by atoms with Gasteiger partial charge in [0.2, 0.25) is 0 Å². The topological polar surface area (TPSA) is 0 Å². The summed E-state index contributed by atoms with van der Waals surface area (Å²) >= 11 is 0. The molecule has 0 heteroatoms. The zero-order valence-corrected chi connectivity index (χ0v) is 10.1. The summed E-state index contributed by atoms with van der Waals surface area (Å²) in [6.07, 6.45) is 0. The van der Waals surface area contributed by atoms with Crippen LogP contribution in [0.2, 0.25) is 0 Å². The van der Waals surface area contributed by atoms with E-state index in [1.54, 1.807) is 6.92 Å². The van der Waals surface area contributed by atoms with Crippen molar-refractivity contribution in [2.75, 3.05) is 0 Å². The van der Waals surface area contributed by atoms with E-state index in [9.17, 15) is 0 Å². The van der Waals surface area contributed by atoms with Crippen molar-refractivity contribution in [1.29, 1.82) is 0 Å². The number of hydrogen-bond acceptors (Lipinski definition) is 0. The lowest BCUT2D eigenvalue weighted by Crippen LogP contribution is -1.62. The molecule has 0 saturated heterocycles. The van der Waals surface area contributed by atoms with Gasteiger partial charge in [0.1, 0.15) is 0 Å². The van der Waals surface area contributed by atoms with Crippen LogP contribution >= 0.6 is 0 Å². The minimum absolute atomic E-state index is 0.500. The quantitative estimate of drug-likeness (QED) is 0.526. The van der Waals surface area contributed by atoms with E-state index in [2.05, 4.69) is 19.1 Å². The normalized spacial score (nSPS) is 7.08. The van der Waals surface area contributed by atoms with Crippen LogP contribution in [0.1, 0.15) is 48.5 Å². The van der Waals surface area contributed by atoms with Crippen molar-refractivity contribution in [1.82, 2.24) is 0 Å². The van der Waals surface area contributed by atoms with Crippen molar-refractivity contribution in [2.24, 2.45) is 0 Å². The highest BCUT2D eigenvalue weighted by molar-refractivity contribution is 5.11. The molecule has 0 aliphatic rings. The van der Waals surface area contributed by atoms with Gasteiger partial charge in [-0.3, -0.25) is 0 Å². The summed E-state index contributed by atoms with van der Waals surface area (Å²) in [7, 11) is 0.